The van der Waals surface area contributed by atoms with Crippen molar-refractivity contribution in [1.82, 2.24) is 0 Å². The molecule has 0 aliphatic heterocycles. The maximum absolute atomic E-state index is 11.6. The van der Waals surface area contributed by atoms with Gasteiger partial charge in [0.15, 0.2) is 0 Å². The third kappa shape index (κ3) is 5.97. The highest BCUT2D eigenvalue weighted by Crippen LogP contribution is 2.32. The quantitative estimate of drug-likeness (QED) is 0.629. The summed E-state index contributed by atoms with van der Waals surface area (Å²) in [5.41, 5.74) is 0.711. The van der Waals surface area contributed by atoms with E-state index < -0.39 is 5.97 Å². The number of nitrogens with zero attached hydrogens (tertiary/aromatic N) is 1. The van der Waals surface area contributed by atoms with E-state index in [1.54, 1.807) is 25.1 Å². The first-order valence-corrected chi connectivity index (χ1v) is 6.45. The Hall–Kier alpha value is -1.68. The summed E-state index contributed by atoms with van der Waals surface area (Å²) in [5, 5.41) is 0.820. The molecule has 108 valence electrons. The van der Waals surface area contributed by atoms with Crippen molar-refractivity contribution in [2.24, 2.45) is 4.99 Å². The molecule has 0 radical (unpaired) electrons. The van der Waals surface area contributed by atoms with Gasteiger partial charge in [-0.1, -0.05) is 36.2 Å². The lowest BCUT2D eigenvalue weighted by Crippen LogP contribution is -2.16. The van der Waals surface area contributed by atoms with Crippen molar-refractivity contribution in [1.29, 1.82) is 0 Å². The molecule has 0 saturated carbocycles. The lowest BCUT2D eigenvalue weighted by molar-refractivity contribution is -0.191. The minimum atomic E-state index is -0.439. The molecular weight excluding hydrogens is 305 g/mol. The van der Waals surface area contributed by atoms with Gasteiger partial charge < -0.3 is 4.74 Å². The van der Waals surface area contributed by atoms with Gasteiger partial charge in [0.1, 0.15) is 11.4 Å². The van der Waals surface area contributed by atoms with Crippen molar-refractivity contribution in [3.8, 4) is 0 Å². The van der Waals surface area contributed by atoms with E-state index in [-0.39, 0.29) is 6.15 Å². The molecule has 0 heterocycles. The van der Waals surface area contributed by atoms with Gasteiger partial charge in [-0.3, -0.25) is 0 Å². The van der Waals surface area contributed by atoms with Crippen molar-refractivity contribution in [2.45, 2.75) is 20.3 Å². The summed E-state index contributed by atoms with van der Waals surface area (Å²) in [6, 6.07) is 5.06. The summed E-state index contributed by atoms with van der Waals surface area (Å²) in [5.74, 6) is -0.439. The van der Waals surface area contributed by atoms with Gasteiger partial charge in [-0.15, -0.1) is 0 Å². The SMILES string of the molecule is CCOC(=O)C(CC)=Nc1c(Cl)cccc1Cl.O=C=O. The molecule has 1 rings (SSSR count). The zero-order valence-electron chi connectivity index (χ0n) is 11.0. The van der Waals surface area contributed by atoms with Crippen molar-refractivity contribution >= 4 is 46.7 Å². The largest absolute Gasteiger partial charge is 0.462 e. The fourth-order valence-corrected chi connectivity index (χ4v) is 1.70. The van der Waals surface area contributed by atoms with E-state index in [0.29, 0.717) is 34.5 Å². The van der Waals surface area contributed by atoms with Crippen LogP contribution < -0.4 is 0 Å². The maximum Gasteiger partial charge on any atom is 0.373 e. The Kier molecular flexibility index (Phi) is 9.30. The average molecular weight is 318 g/mol. The predicted octanol–water partition coefficient (Wildman–Crippen LogP) is 3.46. The molecule has 5 nitrogen and oxygen atoms in total. The molecule has 20 heavy (non-hydrogen) atoms. The number of rotatable bonds is 4. The third-order valence-corrected chi connectivity index (χ3v) is 2.64. The lowest BCUT2D eigenvalue weighted by Gasteiger charge is -2.05. The van der Waals surface area contributed by atoms with Crippen LogP contribution in [0.5, 0.6) is 0 Å². The van der Waals surface area contributed by atoms with Gasteiger partial charge >= 0.3 is 12.1 Å². The molecule has 0 aliphatic carbocycles. The van der Waals surface area contributed by atoms with Crippen LogP contribution in [0.1, 0.15) is 20.3 Å². The highest BCUT2D eigenvalue weighted by atomic mass is 35.5. The number of carbonyl (C=O) groups excluding carboxylic acids is 3. The van der Waals surface area contributed by atoms with E-state index in [4.69, 9.17) is 37.5 Å². The molecule has 0 aromatic heterocycles. The Morgan fingerprint density at radius 2 is 1.75 bits per heavy atom. The molecule has 0 unspecified atom stereocenters. The van der Waals surface area contributed by atoms with Crippen molar-refractivity contribution in [3.05, 3.63) is 28.2 Å². The number of esters is 1. The van der Waals surface area contributed by atoms with E-state index in [1.165, 1.54) is 0 Å². The van der Waals surface area contributed by atoms with Crippen LogP contribution in [0.3, 0.4) is 0 Å². The van der Waals surface area contributed by atoms with E-state index in [2.05, 4.69) is 4.99 Å². The Bertz CT molecular complexity index is 503. The number of halogens is 2. The van der Waals surface area contributed by atoms with Crippen LogP contribution in [0.4, 0.5) is 5.69 Å². The van der Waals surface area contributed by atoms with Gasteiger partial charge in [0.05, 0.1) is 16.7 Å². The number of benzene rings is 1. The Morgan fingerprint density at radius 3 is 2.15 bits per heavy atom. The molecule has 0 spiro atoms. The van der Waals surface area contributed by atoms with Crippen molar-refractivity contribution in [2.75, 3.05) is 6.61 Å². The first-order chi connectivity index (χ1) is 9.51. The fraction of sp³-hybridized carbons (Fsp3) is 0.308. The molecule has 0 saturated heterocycles. The molecule has 0 bridgehead atoms. The maximum atomic E-state index is 11.6. The van der Waals surface area contributed by atoms with E-state index in [0.717, 1.165) is 0 Å². The van der Waals surface area contributed by atoms with Gasteiger partial charge in [0, 0.05) is 0 Å². The van der Waals surface area contributed by atoms with Crippen LogP contribution in [0.2, 0.25) is 10.0 Å². The smallest absolute Gasteiger partial charge is 0.373 e. The third-order valence-electron chi connectivity index (χ3n) is 2.03. The highest BCUT2D eigenvalue weighted by Gasteiger charge is 2.12. The highest BCUT2D eigenvalue weighted by molar-refractivity contribution is 6.41. The summed E-state index contributed by atoms with van der Waals surface area (Å²) >= 11 is 11.9. The molecule has 0 fully saturated rings. The summed E-state index contributed by atoms with van der Waals surface area (Å²) in [4.78, 5) is 32.0. The topological polar surface area (TPSA) is 72.8 Å². The van der Waals surface area contributed by atoms with Crippen molar-refractivity contribution < 1.29 is 19.1 Å². The monoisotopic (exact) mass is 317 g/mol. The van der Waals surface area contributed by atoms with Gasteiger partial charge in [-0.2, -0.15) is 9.59 Å². The Labute approximate surface area is 126 Å². The van der Waals surface area contributed by atoms with E-state index in [9.17, 15) is 4.79 Å². The first kappa shape index (κ1) is 18.3. The standard InChI is InChI=1S/C12H13Cl2NO2.CO2/c1-3-10(12(16)17-4-2)15-11-8(13)6-5-7-9(11)14;2-1-3/h5-7H,3-4H2,1-2H3;. The van der Waals surface area contributed by atoms with Gasteiger partial charge in [-0.25, -0.2) is 9.79 Å². The first-order valence-electron chi connectivity index (χ1n) is 5.69. The number of aliphatic imine (C=N–C) groups is 1. The molecule has 0 N–H and O–H groups in total. The lowest BCUT2D eigenvalue weighted by atomic mass is 10.2. The van der Waals surface area contributed by atoms with Crippen LogP contribution in [0, 0.1) is 0 Å². The second-order valence-corrected chi connectivity index (χ2v) is 4.10. The Morgan fingerprint density at radius 1 is 1.25 bits per heavy atom. The molecular formula is C13H13Cl2NO4. The normalized spacial score (nSPS) is 10.1. The van der Waals surface area contributed by atoms with Gasteiger partial charge in [-0.05, 0) is 25.5 Å². The predicted molar refractivity (Wildman–Crippen MR) is 75.5 cm³/mol. The molecule has 1 aromatic rings. The molecule has 1 aromatic carbocycles. The molecule has 7 heteroatoms. The van der Waals surface area contributed by atoms with Gasteiger partial charge in [0.2, 0.25) is 0 Å². The zero-order chi connectivity index (χ0) is 15.5. The van der Waals surface area contributed by atoms with Crippen LogP contribution >= 0.6 is 23.2 Å². The van der Waals surface area contributed by atoms with Crippen molar-refractivity contribution in [3.63, 3.8) is 0 Å². The number of carbonyl (C=O) groups is 1. The summed E-state index contributed by atoms with van der Waals surface area (Å²) in [7, 11) is 0. The van der Waals surface area contributed by atoms with Crippen LogP contribution in [0.25, 0.3) is 0 Å². The number of hydrogen-bond donors (Lipinski definition) is 0. The average Bonchev–Trinajstić information content (AvgIpc) is 2.39. The minimum Gasteiger partial charge on any atom is -0.462 e. The van der Waals surface area contributed by atoms with Gasteiger partial charge in [0.25, 0.3) is 0 Å². The Balaban J connectivity index is 0.00000110. The second kappa shape index (κ2) is 10.1. The van der Waals surface area contributed by atoms with E-state index in [1.807, 2.05) is 6.92 Å². The number of para-hydroxylation sites is 1. The molecule has 0 atom stereocenters. The zero-order valence-corrected chi connectivity index (χ0v) is 12.5. The number of ether oxygens (including phenoxy) is 1. The summed E-state index contributed by atoms with van der Waals surface area (Å²) in [6.07, 6.45) is 0.709. The van der Waals surface area contributed by atoms with Crippen LogP contribution in [-0.4, -0.2) is 24.4 Å². The molecule has 0 aliphatic rings. The molecule has 0 amide bonds. The van der Waals surface area contributed by atoms with E-state index >= 15 is 0 Å². The fourth-order valence-electron chi connectivity index (χ4n) is 1.21. The van der Waals surface area contributed by atoms with Crippen LogP contribution in [-0.2, 0) is 19.1 Å². The number of hydrogen-bond acceptors (Lipinski definition) is 5. The summed E-state index contributed by atoms with van der Waals surface area (Å²) < 4.78 is 4.89. The minimum absolute atomic E-state index is 0.250. The second-order valence-electron chi connectivity index (χ2n) is 3.29. The van der Waals surface area contributed by atoms with Crippen LogP contribution in [0.15, 0.2) is 23.2 Å². The summed E-state index contributed by atoms with van der Waals surface area (Å²) in [6.45, 7) is 3.88.